The molecule has 0 unspecified atom stereocenters. The zero-order valence-electron chi connectivity index (χ0n) is 30.8. The third-order valence-electron chi connectivity index (χ3n) is 7.58. The summed E-state index contributed by atoms with van der Waals surface area (Å²) >= 11 is 1.46. The Morgan fingerprint density at radius 1 is 0.917 bits per heavy atom. The smallest absolute Gasteiger partial charge is 0.305 e. The van der Waals surface area contributed by atoms with Crippen molar-refractivity contribution in [2.45, 2.75) is 83.3 Å². The summed E-state index contributed by atoms with van der Waals surface area (Å²) in [5, 5.41) is 20.7. The van der Waals surface area contributed by atoms with Crippen molar-refractivity contribution in [1.29, 1.82) is 0 Å². The quantitative estimate of drug-likeness (QED) is 0.0796. The highest BCUT2D eigenvalue weighted by molar-refractivity contribution is 7.98. The second-order valence-corrected chi connectivity index (χ2v) is 12.4. The van der Waals surface area contributed by atoms with Crippen molar-refractivity contribution in [3.05, 3.63) is 64.7 Å². The summed E-state index contributed by atoms with van der Waals surface area (Å²) in [6, 6.07) is 8.92. The number of esters is 1. The van der Waals surface area contributed by atoms with Crippen LogP contribution < -0.4 is 27.0 Å². The number of rotatable bonds is 22. The lowest BCUT2D eigenvalue weighted by Gasteiger charge is -2.22. The van der Waals surface area contributed by atoms with Gasteiger partial charge in [0, 0.05) is 22.1 Å². The van der Waals surface area contributed by atoms with Crippen molar-refractivity contribution in [1.82, 2.24) is 21.3 Å². The van der Waals surface area contributed by atoms with E-state index in [1.54, 1.807) is 0 Å². The summed E-state index contributed by atoms with van der Waals surface area (Å²) in [6.45, 7) is -0.451. The number of methoxy groups -OCH3 is 1. The van der Waals surface area contributed by atoms with E-state index in [1.165, 1.54) is 31.0 Å². The van der Waals surface area contributed by atoms with Crippen LogP contribution in [0.15, 0.2) is 42.5 Å². The Bertz CT molecular complexity index is 1400. The molecule has 2 aromatic rings. The van der Waals surface area contributed by atoms with E-state index in [2.05, 4.69) is 31.7 Å². The molecule has 0 heterocycles. The number of thioether (sulfide) groups is 1. The SMILES string of the molecule is [2H]Cc1cc(O)cc(C[2H])c1C[C@H](N[2H])C(=O)N[C@@H](CCSC)C(=O)NCC(=O)N[C@@H](Cc1ccccc1)C(=O)NCCCCCCC(=O)OC. The molecular weight excluding hydrogens is 634 g/mol. The highest BCUT2D eigenvalue weighted by Gasteiger charge is 2.26. The molecule has 0 aromatic heterocycles. The maximum atomic E-state index is 13.3. The first-order valence-electron chi connectivity index (χ1n) is 17.8. The molecule has 0 fully saturated rings. The van der Waals surface area contributed by atoms with Crippen LogP contribution >= 0.6 is 11.8 Å². The molecule has 0 aliphatic carbocycles. The monoisotopic (exact) mass is 688 g/mol. The second kappa shape index (κ2) is 21.7. The predicted molar refractivity (Wildman–Crippen MR) is 187 cm³/mol. The van der Waals surface area contributed by atoms with E-state index in [4.69, 9.17) is 4.15 Å². The molecule has 0 spiro atoms. The predicted octanol–water partition coefficient (Wildman–Crippen LogP) is 2.20. The molecule has 3 atom stereocenters. The summed E-state index contributed by atoms with van der Waals surface area (Å²) in [7, 11) is 1.35. The summed E-state index contributed by atoms with van der Waals surface area (Å²) in [4.78, 5) is 63.9. The Hall–Kier alpha value is -4.10. The topological polar surface area (TPSA) is 189 Å². The Labute approximate surface area is 292 Å². The molecular formula is C35H51N5O7S. The molecule has 0 aliphatic heterocycles. The normalized spacial score (nSPS) is 13.5. The number of nitrogens with one attached hydrogen (secondary N) is 4. The molecule has 4 amide bonds. The van der Waals surface area contributed by atoms with Crippen LogP contribution in [-0.4, -0.2) is 85.0 Å². The molecule has 0 saturated heterocycles. The fraction of sp³-hybridized carbons (Fsp3) is 0.514. The Morgan fingerprint density at radius 3 is 2.25 bits per heavy atom. The minimum Gasteiger partial charge on any atom is -0.508 e. The van der Waals surface area contributed by atoms with Crippen molar-refractivity contribution >= 4 is 41.4 Å². The summed E-state index contributed by atoms with van der Waals surface area (Å²) < 4.78 is 28.1. The van der Waals surface area contributed by atoms with Gasteiger partial charge in [0.2, 0.25) is 23.6 Å². The van der Waals surface area contributed by atoms with Crippen LogP contribution in [0.5, 0.6) is 5.75 Å². The van der Waals surface area contributed by atoms with Crippen molar-refractivity contribution in [2.24, 2.45) is 5.73 Å². The Kier molecular flexibility index (Phi) is 15.9. The largest absolute Gasteiger partial charge is 0.508 e. The van der Waals surface area contributed by atoms with Crippen LogP contribution in [0.25, 0.3) is 0 Å². The number of carbonyl (C=O) groups is 5. The third kappa shape index (κ3) is 14.8. The van der Waals surface area contributed by atoms with Gasteiger partial charge in [0.1, 0.15) is 19.2 Å². The number of nitrogens with two attached hydrogens (primary N) is 1. The van der Waals surface area contributed by atoms with Gasteiger partial charge >= 0.3 is 5.97 Å². The lowest BCUT2D eigenvalue weighted by atomic mass is 9.96. The molecule has 13 heteroatoms. The van der Waals surface area contributed by atoms with Gasteiger partial charge in [-0.3, -0.25) is 24.0 Å². The number of hydrogen-bond acceptors (Lipinski definition) is 9. The Balaban J connectivity index is 2.02. The van der Waals surface area contributed by atoms with Gasteiger partial charge in [-0.1, -0.05) is 43.2 Å². The maximum Gasteiger partial charge on any atom is 0.305 e. The summed E-state index contributed by atoms with van der Waals surface area (Å²) in [5.74, 6) is -2.07. The molecule has 2 rings (SSSR count). The van der Waals surface area contributed by atoms with E-state index in [9.17, 15) is 29.1 Å². The summed E-state index contributed by atoms with van der Waals surface area (Å²) in [5.41, 5.74) is 4.40. The van der Waals surface area contributed by atoms with E-state index in [1.807, 2.05) is 36.6 Å². The van der Waals surface area contributed by atoms with Gasteiger partial charge in [0.15, 0.2) is 0 Å². The number of unbranched alkanes of at least 4 members (excludes halogenated alkanes) is 3. The van der Waals surface area contributed by atoms with Crippen molar-refractivity contribution < 1.29 is 38.0 Å². The zero-order valence-corrected chi connectivity index (χ0v) is 28.6. The standard InChI is InChI=1S/C35H51N5O7S/c1-23-18-26(41)19-24(2)27(23)21-28(36)33(44)40-29(15-17-48-4)34(45)38-22-31(42)39-30(20-25-12-8-7-9-13-25)35(46)37-16-11-6-5-10-14-32(43)47-3/h7-9,12-13,18-19,28-30,41H,5-6,10-11,14-17,20-22,36H2,1-4H3,(H,37,46)(H,38,45)(H,39,42)(H,40,44)/t28-,29-,30-/m0/s1/i1D,2D/hD. The van der Waals surface area contributed by atoms with Crippen LogP contribution in [0.1, 0.15) is 63.5 Å². The van der Waals surface area contributed by atoms with Gasteiger partial charge in [0.25, 0.3) is 0 Å². The molecule has 0 bridgehead atoms. The van der Waals surface area contributed by atoms with Gasteiger partial charge in [-0.2, -0.15) is 11.8 Å². The number of hydrogen-bond donors (Lipinski definition) is 6. The fourth-order valence-corrected chi connectivity index (χ4v) is 5.37. The molecule has 48 heavy (non-hydrogen) atoms. The molecule has 12 nitrogen and oxygen atoms in total. The lowest BCUT2D eigenvalue weighted by molar-refractivity contribution is -0.140. The van der Waals surface area contributed by atoms with Gasteiger partial charge in [-0.25, -0.2) is 0 Å². The van der Waals surface area contributed by atoms with Gasteiger partial charge in [-0.15, -0.1) is 0 Å². The number of phenolic OH excluding ortho intramolecular Hbond substituents is 1. The van der Waals surface area contributed by atoms with E-state index >= 15 is 0 Å². The van der Waals surface area contributed by atoms with Crippen molar-refractivity contribution in [2.75, 3.05) is 32.2 Å². The molecule has 2 aromatic carbocycles. The first kappa shape index (κ1) is 35.2. The molecule has 7 N–H and O–H groups in total. The number of aryl methyl sites for hydroxylation is 2. The van der Waals surface area contributed by atoms with Crippen molar-refractivity contribution in [3.8, 4) is 5.75 Å². The van der Waals surface area contributed by atoms with Crippen LogP contribution in [0.2, 0.25) is 1.41 Å². The van der Waals surface area contributed by atoms with Crippen LogP contribution in [0.4, 0.5) is 0 Å². The number of amides is 4. The van der Waals surface area contributed by atoms with Gasteiger partial charge < -0.3 is 36.8 Å². The van der Waals surface area contributed by atoms with E-state index in [0.717, 1.165) is 18.4 Å². The highest BCUT2D eigenvalue weighted by Crippen LogP contribution is 2.22. The fourth-order valence-electron chi connectivity index (χ4n) is 4.89. The number of benzene rings is 2. The van der Waals surface area contributed by atoms with E-state index < -0.39 is 42.4 Å². The minimum atomic E-state index is -1.13. The number of carbonyl (C=O) groups excluding carboxylic acids is 5. The molecule has 264 valence electrons. The number of phenols is 1. The molecule has 0 saturated carbocycles. The first-order valence-corrected chi connectivity index (χ1v) is 17.3. The highest BCUT2D eigenvalue weighted by atomic mass is 32.2. The zero-order chi connectivity index (χ0) is 37.6. The van der Waals surface area contributed by atoms with Gasteiger partial charge in [0.05, 0.1) is 19.7 Å². The van der Waals surface area contributed by atoms with E-state index in [0.29, 0.717) is 48.3 Å². The van der Waals surface area contributed by atoms with Crippen LogP contribution in [0, 0.1) is 13.8 Å². The maximum absolute atomic E-state index is 13.3. The first-order chi connectivity index (χ1) is 24.6. The number of aromatic hydroxyl groups is 1. The van der Waals surface area contributed by atoms with E-state index in [-0.39, 0.29) is 50.7 Å². The average molecular weight is 689 g/mol. The lowest BCUT2D eigenvalue weighted by Crippen LogP contribution is -2.54. The summed E-state index contributed by atoms with van der Waals surface area (Å²) in [6.07, 6.45) is 5.62. The minimum absolute atomic E-state index is 0.0441. The van der Waals surface area contributed by atoms with Crippen LogP contribution in [0.3, 0.4) is 0 Å². The number of ether oxygens (including phenoxy) is 1. The Morgan fingerprint density at radius 2 is 1.60 bits per heavy atom. The second-order valence-electron chi connectivity index (χ2n) is 11.4. The molecule has 0 radical (unpaired) electrons. The van der Waals surface area contributed by atoms with Crippen molar-refractivity contribution in [3.63, 3.8) is 0 Å². The molecule has 0 aliphatic rings. The van der Waals surface area contributed by atoms with Gasteiger partial charge in [-0.05, 0) is 85.9 Å². The third-order valence-corrected chi connectivity index (χ3v) is 8.22. The van der Waals surface area contributed by atoms with Crippen LogP contribution in [-0.2, 0) is 41.6 Å². The average Bonchev–Trinajstić information content (AvgIpc) is 3.13.